The largest absolute Gasteiger partial charge is 0.495 e. The van der Waals surface area contributed by atoms with Gasteiger partial charge in [-0.15, -0.1) is 0 Å². The number of carbonyl (C=O) groups excluding carboxylic acids is 2. The minimum atomic E-state index is -0.487. The van der Waals surface area contributed by atoms with E-state index < -0.39 is 11.9 Å². The van der Waals surface area contributed by atoms with E-state index in [9.17, 15) is 9.59 Å². The number of hydrogen-bond acceptors (Lipinski definition) is 5. The predicted octanol–water partition coefficient (Wildman–Crippen LogP) is 6.90. The summed E-state index contributed by atoms with van der Waals surface area (Å²) >= 11 is 3.44. The number of halogens is 1. The average molecular weight is 582 g/mol. The summed E-state index contributed by atoms with van der Waals surface area (Å²) in [7, 11) is 1.59. The van der Waals surface area contributed by atoms with Gasteiger partial charge in [-0.05, 0) is 48.9 Å². The number of hydrogen-bond donors (Lipinski definition) is 2. The summed E-state index contributed by atoms with van der Waals surface area (Å²) in [5.74, 6) is 0.0142. The van der Waals surface area contributed by atoms with Crippen LogP contribution in [0.15, 0.2) is 101 Å². The van der Waals surface area contributed by atoms with Gasteiger partial charge in [-0.25, -0.2) is 10.2 Å². The Morgan fingerprint density at radius 2 is 1.72 bits per heavy atom. The maximum Gasteiger partial charge on any atom is 0.343 e. The van der Waals surface area contributed by atoms with E-state index in [-0.39, 0.29) is 0 Å². The fourth-order valence-corrected chi connectivity index (χ4v) is 4.67. The maximum atomic E-state index is 13.4. The number of amides is 1. The standard InChI is InChI=1S/C31H24BrN3O4/c1-19-8-6-11-21(16-19)31(37)39-25-15-14-23(32)17-22(25)18-33-35-30(36)29-27(20-9-4-3-5-10-20)24-12-7-13-26(38-2)28(24)34-29/h3-18,34H,1-2H3,(H,35,36). The normalized spacial score (nSPS) is 11.1. The second-order valence-corrected chi connectivity index (χ2v) is 9.68. The van der Waals surface area contributed by atoms with Crippen molar-refractivity contribution in [2.75, 3.05) is 7.11 Å². The molecule has 8 heteroatoms. The molecule has 0 aliphatic rings. The number of aromatic nitrogens is 1. The number of hydrazone groups is 1. The number of aromatic amines is 1. The van der Waals surface area contributed by atoms with Crippen LogP contribution in [-0.2, 0) is 0 Å². The highest BCUT2D eigenvalue weighted by molar-refractivity contribution is 9.10. The molecular weight excluding hydrogens is 558 g/mol. The van der Waals surface area contributed by atoms with Gasteiger partial charge in [-0.1, -0.05) is 76.1 Å². The van der Waals surface area contributed by atoms with Crippen molar-refractivity contribution in [1.29, 1.82) is 0 Å². The summed E-state index contributed by atoms with van der Waals surface area (Å²) in [6, 6.07) is 27.6. The third kappa shape index (κ3) is 5.61. The highest BCUT2D eigenvalue weighted by atomic mass is 79.9. The Morgan fingerprint density at radius 1 is 0.923 bits per heavy atom. The van der Waals surface area contributed by atoms with Gasteiger partial charge in [-0.2, -0.15) is 5.10 Å². The fraction of sp³-hybridized carbons (Fsp3) is 0.0645. The molecule has 0 atom stereocenters. The molecule has 0 fully saturated rings. The maximum absolute atomic E-state index is 13.4. The van der Waals surface area contributed by atoms with Gasteiger partial charge < -0.3 is 14.5 Å². The van der Waals surface area contributed by atoms with E-state index in [0.29, 0.717) is 33.8 Å². The van der Waals surface area contributed by atoms with Crippen molar-refractivity contribution >= 4 is 44.9 Å². The summed E-state index contributed by atoms with van der Waals surface area (Å²) in [6.45, 7) is 1.91. The first kappa shape index (κ1) is 25.9. The van der Waals surface area contributed by atoms with Crippen LogP contribution in [0.2, 0.25) is 0 Å². The van der Waals surface area contributed by atoms with Crippen LogP contribution in [0.3, 0.4) is 0 Å². The van der Waals surface area contributed by atoms with Crippen molar-refractivity contribution in [1.82, 2.24) is 10.4 Å². The lowest BCUT2D eigenvalue weighted by atomic mass is 10.0. The molecule has 7 nitrogen and oxygen atoms in total. The Bertz CT molecular complexity index is 1710. The number of benzene rings is 4. The molecule has 5 aromatic rings. The first-order chi connectivity index (χ1) is 18.9. The van der Waals surface area contributed by atoms with Gasteiger partial charge in [0.25, 0.3) is 5.91 Å². The van der Waals surface area contributed by atoms with E-state index in [0.717, 1.165) is 26.5 Å². The second kappa shape index (κ2) is 11.4. The van der Waals surface area contributed by atoms with Gasteiger partial charge in [-0.3, -0.25) is 4.79 Å². The van der Waals surface area contributed by atoms with E-state index in [1.807, 2.05) is 61.5 Å². The van der Waals surface area contributed by atoms with Crippen LogP contribution >= 0.6 is 15.9 Å². The quantitative estimate of drug-likeness (QED) is 0.0946. The number of rotatable bonds is 7. The SMILES string of the molecule is COc1cccc2c(-c3ccccc3)c(C(=O)NN=Cc3cc(Br)ccc3OC(=O)c3cccc(C)c3)[nH]c12. The molecule has 0 spiro atoms. The summed E-state index contributed by atoms with van der Waals surface area (Å²) in [5, 5.41) is 5.03. The lowest BCUT2D eigenvalue weighted by molar-refractivity contribution is 0.0734. The molecule has 0 radical (unpaired) electrons. The van der Waals surface area contributed by atoms with Crippen LogP contribution in [0.25, 0.3) is 22.0 Å². The van der Waals surface area contributed by atoms with Crippen molar-refractivity contribution in [2.24, 2.45) is 5.10 Å². The number of fused-ring (bicyclic) bond motifs is 1. The van der Waals surface area contributed by atoms with Gasteiger partial charge in [0.2, 0.25) is 0 Å². The Labute approximate surface area is 233 Å². The third-order valence-corrected chi connectivity index (χ3v) is 6.60. The number of para-hydroxylation sites is 1. The topological polar surface area (TPSA) is 92.8 Å². The number of H-pyrrole nitrogens is 1. The number of methoxy groups -OCH3 is 1. The molecule has 1 amide bonds. The Kier molecular flexibility index (Phi) is 7.56. The van der Waals surface area contributed by atoms with E-state index >= 15 is 0 Å². The van der Waals surface area contributed by atoms with Gasteiger partial charge >= 0.3 is 5.97 Å². The number of esters is 1. The highest BCUT2D eigenvalue weighted by Gasteiger charge is 2.21. The van der Waals surface area contributed by atoms with Crippen LogP contribution in [0, 0.1) is 6.92 Å². The molecule has 1 heterocycles. The smallest absolute Gasteiger partial charge is 0.343 e. The van der Waals surface area contributed by atoms with Crippen molar-refractivity contribution in [2.45, 2.75) is 6.92 Å². The van der Waals surface area contributed by atoms with Gasteiger partial charge in [0.15, 0.2) is 0 Å². The van der Waals surface area contributed by atoms with E-state index in [4.69, 9.17) is 9.47 Å². The zero-order valence-corrected chi connectivity index (χ0v) is 22.8. The third-order valence-electron chi connectivity index (χ3n) is 6.10. The Morgan fingerprint density at radius 3 is 2.49 bits per heavy atom. The zero-order valence-electron chi connectivity index (χ0n) is 21.2. The van der Waals surface area contributed by atoms with E-state index in [2.05, 4.69) is 31.4 Å². The molecule has 5 rings (SSSR count). The van der Waals surface area contributed by atoms with Gasteiger partial charge in [0, 0.05) is 21.0 Å². The van der Waals surface area contributed by atoms with Crippen molar-refractivity contribution in [3.05, 3.63) is 118 Å². The highest BCUT2D eigenvalue weighted by Crippen LogP contribution is 2.36. The number of aryl methyl sites for hydroxylation is 1. The lowest BCUT2D eigenvalue weighted by Crippen LogP contribution is -2.19. The minimum Gasteiger partial charge on any atom is -0.495 e. The van der Waals surface area contributed by atoms with Crippen LogP contribution in [0.1, 0.15) is 32.0 Å². The van der Waals surface area contributed by atoms with Crippen molar-refractivity contribution in [3.63, 3.8) is 0 Å². The molecule has 0 saturated heterocycles. The zero-order chi connectivity index (χ0) is 27.4. The van der Waals surface area contributed by atoms with E-state index in [1.165, 1.54) is 6.21 Å². The second-order valence-electron chi connectivity index (χ2n) is 8.76. The number of ether oxygens (including phenoxy) is 2. The first-order valence-corrected chi connectivity index (χ1v) is 12.9. The monoisotopic (exact) mass is 581 g/mol. The molecule has 0 saturated carbocycles. The Hall–Kier alpha value is -4.69. The molecule has 1 aromatic heterocycles. The van der Waals surface area contributed by atoms with Gasteiger partial charge in [0.1, 0.15) is 17.2 Å². The molecule has 194 valence electrons. The van der Waals surface area contributed by atoms with E-state index in [1.54, 1.807) is 43.5 Å². The van der Waals surface area contributed by atoms with Crippen LogP contribution in [0.5, 0.6) is 11.5 Å². The lowest BCUT2D eigenvalue weighted by Gasteiger charge is -2.09. The average Bonchev–Trinajstić information content (AvgIpc) is 3.35. The van der Waals surface area contributed by atoms with Crippen LogP contribution in [-0.4, -0.2) is 30.2 Å². The first-order valence-electron chi connectivity index (χ1n) is 12.1. The van der Waals surface area contributed by atoms with Crippen LogP contribution in [0.4, 0.5) is 0 Å². The van der Waals surface area contributed by atoms with Gasteiger partial charge in [0.05, 0.1) is 24.4 Å². The number of nitrogens with one attached hydrogen (secondary N) is 2. The predicted molar refractivity (Wildman–Crippen MR) is 156 cm³/mol. The summed E-state index contributed by atoms with van der Waals surface area (Å²) in [6.07, 6.45) is 1.44. The summed E-state index contributed by atoms with van der Waals surface area (Å²) < 4.78 is 11.9. The fourth-order valence-electron chi connectivity index (χ4n) is 4.30. The molecule has 0 bridgehead atoms. The van der Waals surface area contributed by atoms with Crippen LogP contribution < -0.4 is 14.9 Å². The Balaban J connectivity index is 1.43. The van der Waals surface area contributed by atoms with Crippen molar-refractivity contribution < 1.29 is 19.1 Å². The minimum absolute atomic E-state index is 0.308. The number of nitrogens with zero attached hydrogens (tertiary/aromatic N) is 1. The molecule has 0 aliphatic carbocycles. The molecule has 0 aliphatic heterocycles. The number of carbonyl (C=O) groups is 2. The van der Waals surface area contributed by atoms with Crippen molar-refractivity contribution in [3.8, 4) is 22.6 Å². The summed E-state index contributed by atoms with van der Waals surface area (Å²) in [4.78, 5) is 29.3. The molecule has 0 unspecified atom stereocenters. The summed E-state index contributed by atoms with van der Waals surface area (Å²) in [5.41, 5.74) is 7.18. The molecule has 4 aromatic carbocycles. The molecule has 2 N–H and O–H groups in total. The molecular formula is C31H24BrN3O4. The molecule has 39 heavy (non-hydrogen) atoms.